The number of fused-ring (bicyclic) bond motifs is 2. The highest BCUT2D eigenvalue weighted by Crippen LogP contribution is 2.40. The van der Waals surface area contributed by atoms with E-state index in [0.717, 1.165) is 0 Å². The van der Waals surface area contributed by atoms with Crippen LogP contribution in [0, 0.1) is 68.2 Å². The van der Waals surface area contributed by atoms with Crippen LogP contribution in [-0.2, 0) is 0 Å². The van der Waals surface area contributed by atoms with E-state index in [9.17, 15) is 31.6 Å². The van der Waals surface area contributed by atoms with Crippen LogP contribution < -0.4 is 10.7 Å². The first-order chi connectivity index (χ1) is 18.7. The Morgan fingerprint density at radius 2 is 0.763 bits per heavy atom. The smallest absolute Gasteiger partial charge is 0.192 e. The molecule has 5 aromatic carbocycles. The van der Waals surface area contributed by atoms with Crippen LogP contribution in [0.2, 0.25) is 0 Å². The summed E-state index contributed by atoms with van der Waals surface area (Å²) >= 11 is 0. The average Bonchev–Trinajstić information content (AvgIpc) is 3.46. The highest BCUT2D eigenvalue weighted by molar-refractivity contribution is 6.18. The minimum atomic E-state index is -0.0330. The molecule has 8 heteroatoms. The van der Waals surface area contributed by atoms with E-state index in [-0.39, 0.29) is 54.5 Å². The second-order valence-electron chi connectivity index (χ2n) is 8.05. The van der Waals surface area contributed by atoms with Crippen LogP contribution in [0.1, 0.15) is 22.3 Å². The number of benzene rings is 3. The summed E-state index contributed by atoms with van der Waals surface area (Å²) in [5.74, 6) is 0. The SMILES string of the molecule is N#C/N=c1/c(-c2ccccc2)c(C#N)c2c(C#N)c3c(C#N)c(-c4ccccc4)/c(=N/C#N)c3c(C#N)c12. The lowest BCUT2D eigenvalue weighted by molar-refractivity contribution is 1.35. The van der Waals surface area contributed by atoms with Crippen molar-refractivity contribution in [3.63, 3.8) is 0 Å². The third-order valence-corrected chi connectivity index (χ3v) is 6.34. The Morgan fingerprint density at radius 3 is 1.08 bits per heavy atom. The molecule has 0 bridgehead atoms. The van der Waals surface area contributed by atoms with E-state index in [0.29, 0.717) is 22.3 Å². The molecule has 0 atom stereocenters. The highest BCUT2D eigenvalue weighted by atomic mass is 14.7. The molecule has 0 amide bonds. The quantitative estimate of drug-likeness (QED) is 0.337. The Bertz CT molecular complexity index is 2030. The third-order valence-electron chi connectivity index (χ3n) is 6.34. The third kappa shape index (κ3) is 3.11. The summed E-state index contributed by atoms with van der Waals surface area (Å²) in [7, 11) is 0. The van der Waals surface area contributed by atoms with Gasteiger partial charge in [0.25, 0.3) is 0 Å². The van der Waals surface area contributed by atoms with E-state index >= 15 is 0 Å². The number of rotatable bonds is 2. The molecule has 0 aliphatic heterocycles. The van der Waals surface area contributed by atoms with Crippen molar-refractivity contribution in [1.29, 1.82) is 31.6 Å². The Labute approximate surface area is 215 Å². The molecule has 0 spiro atoms. The zero-order valence-electron chi connectivity index (χ0n) is 19.4. The van der Waals surface area contributed by atoms with Crippen LogP contribution in [0.5, 0.6) is 0 Å². The first-order valence-corrected chi connectivity index (χ1v) is 11.1. The predicted octanol–water partition coefficient (Wildman–Crippen LogP) is 4.45. The monoisotopic (exact) mass is 482 g/mol. The van der Waals surface area contributed by atoms with Crippen LogP contribution in [0.4, 0.5) is 0 Å². The molecule has 5 aromatic rings. The summed E-state index contributed by atoms with van der Waals surface area (Å²) in [6.07, 6.45) is 3.50. The normalized spacial score (nSPS) is 11.3. The zero-order valence-corrected chi connectivity index (χ0v) is 19.4. The Kier molecular flexibility index (Phi) is 5.63. The van der Waals surface area contributed by atoms with Crippen molar-refractivity contribution >= 4 is 21.5 Å². The minimum Gasteiger partial charge on any atom is -0.192 e. The number of hydrogen-bond acceptors (Lipinski definition) is 8. The van der Waals surface area contributed by atoms with Gasteiger partial charge in [-0.05, 0) is 11.1 Å². The molecule has 0 unspecified atom stereocenters. The van der Waals surface area contributed by atoms with Crippen LogP contribution in [0.15, 0.2) is 70.6 Å². The van der Waals surface area contributed by atoms with Gasteiger partial charge in [-0.15, -0.1) is 0 Å². The van der Waals surface area contributed by atoms with Gasteiger partial charge in [0, 0.05) is 32.7 Å². The lowest BCUT2D eigenvalue weighted by Gasteiger charge is -2.03. The van der Waals surface area contributed by atoms with E-state index in [1.807, 2.05) is 0 Å². The Morgan fingerprint density at radius 1 is 0.421 bits per heavy atom. The van der Waals surface area contributed by atoms with Crippen molar-refractivity contribution < 1.29 is 0 Å². The molecule has 170 valence electrons. The lowest BCUT2D eigenvalue weighted by atomic mass is 9.94. The predicted molar refractivity (Wildman–Crippen MR) is 136 cm³/mol. The fraction of sp³-hybridized carbons (Fsp3) is 0. The molecule has 0 saturated heterocycles. The molecule has 8 nitrogen and oxygen atoms in total. The molecular weight excluding hydrogens is 472 g/mol. The van der Waals surface area contributed by atoms with E-state index < -0.39 is 0 Å². The van der Waals surface area contributed by atoms with Crippen LogP contribution in [0.3, 0.4) is 0 Å². The van der Waals surface area contributed by atoms with Crippen molar-refractivity contribution in [3.05, 3.63) is 93.6 Å². The summed E-state index contributed by atoms with van der Waals surface area (Å²) in [5, 5.41) is 61.1. The summed E-state index contributed by atoms with van der Waals surface area (Å²) in [6, 6.07) is 26.0. The number of nitrogens with zero attached hydrogens (tertiary/aromatic N) is 8. The molecule has 0 aliphatic carbocycles. The molecule has 0 aromatic heterocycles. The highest BCUT2D eigenvalue weighted by Gasteiger charge is 2.30. The molecule has 5 rings (SSSR count). The van der Waals surface area contributed by atoms with E-state index in [4.69, 9.17) is 0 Å². The fourth-order valence-electron chi connectivity index (χ4n) is 5.00. The average molecular weight is 482 g/mol. The van der Waals surface area contributed by atoms with Gasteiger partial charge in [0.2, 0.25) is 12.4 Å². The largest absolute Gasteiger partial charge is 0.206 e. The van der Waals surface area contributed by atoms with Gasteiger partial charge in [0.05, 0.1) is 33.0 Å². The second-order valence-corrected chi connectivity index (χ2v) is 8.05. The van der Waals surface area contributed by atoms with Gasteiger partial charge in [-0.2, -0.15) is 41.6 Å². The van der Waals surface area contributed by atoms with Crippen molar-refractivity contribution in [2.24, 2.45) is 9.98 Å². The lowest BCUT2D eigenvalue weighted by Crippen LogP contribution is -2.07. The summed E-state index contributed by atoms with van der Waals surface area (Å²) in [5.41, 5.74) is 1.77. The summed E-state index contributed by atoms with van der Waals surface area (Å²) in [4.78, 5) is 7.97. The van der Waals surface area contributed by atoms with Gasteiger partial charge in [-0.3, -0.25) is 0 Å². The van der Waals surface area contributed by atoms with Crippen molar-refractivity contribution in [2.75, 3.05) is 0 Å². The molecule has 0 heterocycles. The Balaban J connectivity index is 2.23. The molecular formula is C30H10N8. The molecule has 0 radical (unpaired) electrons. The molecule has 38 heavy (non-hydrogen) atoms. The molecule has 0 aliphatic rings. The second kappa shape index (κ2) is 9.23. The van der Waals surface area contributed by atoms with Crippen molar-refractivity contribution in [2.45, 2.75) is 0 Å². The molecule has 0 saturated carbocycles. The van der Waals surface area contributed by atoms with Gasteiger partial charge in [0.15, 0.2) is 0 Å². The number of nitriles is 6. The van der Waals surface area contributed by atoms with E-state index in [1.165, 1.54) is 0 Å². The maximum atomic E-state index is 10.4. The maximum Gasteiger partial charge on any atom is 0.206 e. The fourth-order valence-corrected chi connectivity index (χ4v) is 5.00. The summed E-state index contributed by atoms with van der Waals surface area (Å²) in [6.45, 7) is 0. The van der Waals surface area contributed by atoms with Crippen LogP contribution in [-0.4, -0.2) is 0 Å². The van der Waals surface area contributed by atoms with Crippen molar-refractivity contribution in [3.8, 4) is 58.9 Å². The van der Waals surface area contributed by atoms with Crippen LogP contribution in [0.25, 0.3) is 43.8 Å². The standard InChI is InChI=1S/C30H10N8/c31-11-19-23(17-7-3-1-4-8-17)29(37-15-35)27-22(14-34)28-26(21(13-33)25(19)27)20(12-32)24(30(28)38-16-36)18-9-5-2-6-10-18/h1-10H/b37-29-,38-30-. The first-order valence-electron chi connectivity index (χ1n) is 11.1. The maximum absolute atomic E-state index is 10.4. The molecule has 0 fully saturated rings. The van der Waals surface area contributed by atoms with Crippen molar-refractivity contribution in [1.82, 2.24) is 0 Å². The zero-order chi connectivity index (χ0) is 26.8. The van der Waals surface area contributed by atoms with Gasteiger partial charge in [0.1, 0.15) is 24.3 Å². The van der Waals surface area contributed by atoms with E-state index in [2.05, 4.69) is 34.3 Å². The van der Waals surface area contributed by atoms with E-state index in [1.54, 1.807) is 73.0 Å². The molecule has 0 N–H and O–H groups in total. The Hall–Kier alpha value is -6.58. The van der Waals surface area contributed by atoms with Crippen LogP contribution >= 0.6 is 0 Å². The van der Waals surface area contributed by atoms with Gasteiger partial charge in [-0.1, -0.05) is 60.7 Å². The van der Waals surface area contributed by atoms with Gasteiger partial charge < -0.3 is 0 Å². The number of hydrogen-bond donors (Lipinski definition) is 0. The minimum absolute atomic E-state index is 0.0322. The van der Waals surface area contributed by atoms with Gasteiger partial charge >= 0.3 is 0 Å². The topological polar surface area (TPSA) is 167 Å². The first kappa shape index (κ1) is 23.2. The van der Waals surface area contributed by atoms with Gasteiger partial charge in [-0.25, -0.2) is 0 Å². The summed E-state index contributed by atoms with van der Waals surface area (Å²) < 4.78 is 0.